The van der Waals surface area contributed by atoms with Crippen molar-refractivity contribution in [1.29, 1.82) is 0 Å². The molecule has 17 heavy (non-hydrogen) atoms. The molecule has 1 unspecified atom stereocenters. The Morgan fingerprint density at radius 1 is 1.12 bits per heavy atom. The zero-order chi connectivity index (χ0) is 12.4. The molecular formula is C16H18O. The van der Waals surface area contributed by atoms with Crippen molar-refractivity contribution in [3.8, 4) is 5.75 Å². The Morgan fingerprint density at radius 3 is 2.41 bits per heavy atom. The van der Waals surface area contributed by atoms with E-state index in [1.165, 1.54) is 21.9 Å². The maximum absolute atomic E-state index is 5.22. The zero-order valence-electron chi connectivity index (χ0n) is 10.7. The third kappa shape index (κ3) is 2.33. The molecular weight excluding hydrogens is 208 g/mol. The summed E-state index contributed by atoms with van der Waals surface area (Å²) in [6.07, 6.45) is 0. The first-order chi connectivity index (χ1) is 8.11. The molecule has 1 heteroatoms. The molecule has 0 spiro atoms. The average Bonchev–Trinajstić information content (AvgIpc) is 2.36. The molecule has 0 radical (unpaired) electrons. The summed E-state index contributed by atoms with van der Waals surface area (Å²) >= 11 is 0. The van der Waals surface area contributed by atoms with E-state index in [2.05, 4.69) is 50.8 Å². The van der Waals surface area contributed by atoms with Crippen LogP contribution in [0.1, 0.15) is 25.3 Å². The molecule has 0 saturated heterocycles. The molecule has 0 amide bonds. The molecule has 0 fully saturated rings. The van der Waals surface area contributed by atoms with Crippen molar-refractivity contribution in [3.05, 3.63) is 54.1 Å². The highest BCUT2D eigenvalue weighted by molar-refractivity contribution is 5.84. The van der Waals surface area contributed by atoms with Crippen LogP contribution < -0.4 is 4.74 Å². The van der Waals surface area contributed by atoms with Crippen molar-refractivity contribution in [1.82, 2.24) is 0 Å². The van der Waals surface area contributed by atoms with Crippen LogP contribution in [0.5, 0.6) is 5.75 Å². The van der Waals surface area contributed by atoms with Crippen molar-refractivity contribution in [2.24, 2.45) is 0 Å². The van der Waals surface area contributed by atoms with E-state index in [-0.39, 0.29) is 0 Å². The van der Waals surface area contributed by atoms with Gasteiger partial charge >= 0.3 is 0 Å². The Balaban J connectivity index is 2.48. The summed E-state index contributed by atoms with van der Waals surface area (Å²) in [4.78, 5) is 0. The van der Waals surface area contributed by atoms with E-state index in [1.54, 1.807) is 7.11 Å². The summed E-state index contributed by atoms with van der Waals surface area (Å²) in [7, 11) is 1.69. The van der Waals surface area contributed by atoms with Gasteiger partial charge in [-0.3, -0.25) is 0 Å². The highest BCUT2D eigenvalue weighted by Crippen LogP contribution is 2.27. The Hall–Kier alpha value is -1.76. The summed E-state index contributed by atoms with van der Waals surface area (Å²) in [5.41, 5.74) is 2.51. The monoisotopic (exact) mass is 226 g/mol. The molecule has 2 rings (SSSR count). The Morgan fingerprint density at radius 2 is 1.76 bits per heavy atom. The first-order valence-corrected chi connectivity index (χ1v) is 5.85. The van der Waals surface area contributed by atoms with E-state index < -0.39 is 0 Å². The van der Waals surface area contributed by atoms with Crippen molar-refractivity contribution < 1.29 is 4.74 Å². The Bertz CT molecular complexity index is 554. The van der Waals surface area contributed by atoms with Crippen LogP contribution in [0, 0.1) is 0 Å². The number of benzene rings is 2. The lowest BCUT2D eigenvalue weighted by Gasteiger charge is -2.12. The standard InChI is InChI=1S/C16H18O/c1-11(2)12(3)13-5-6-15-10-16(17-4)8-7-14(15)9-13/h5-10,12H,1H2,2-4H3. The second kappa shape index (κ2) is 4.62. The Labute approximate surface area is 103 Å². The minimum Gasteiger partial charge on any atom is -0.497 e. The number of allylic oxidation sites excluding steroid dienone is 1. The number of fused-ring (bicyclic) bond motifs is 1. The van der Waals surface area contributed by atoms with Crippen LogP contribution in [0.15, 0.2) is 48.6 Å². The lowest BCUT2D eigenvalue weighted by molar-refractivity contribution is 0.415. The molecule has 0 aliphatic carbocycles. The lowest BCUT2D eigenvalue weighted by Crippen LogP contribution is -1.93. The topological polar surface area (TPSA) is 9.23 Å². The highest BCUT2D eigenvalue weighted by atomic mass is 16.5. The third-order valence-corrected chi connectivity index (χ3v) is 3.31. The van der Waals surface area contributed by atoms with Gasteiger partial charge in [-0.1, -0.05) is 43.3 Å². The molecule has 2 aromatic rings. The van der Waals surface area contributed by atoms with Gasteiger partial charge < -0.3 is 4.74 Å². The molecule has 0 aromatic heterocycles. The van der Waals surface area contributed by atoms with Gasteiger partial charge in [-0.15, -0.1) is 0 Å². The summed E-state index contributed by atoms with van der Waals surface area (Å²) in [6, 6.07) is 12.7. The van der Waals surface area contributed by atoms with E-state index in [0.717, 1.165) is 5.75 Å². The predicted octanol–water partition coefficient (Wildman–Crippen LogP) is 4.53. The number of hydrogen-bond acceptors (Lipinski definition) is 1. The molecule has 0 N–H and O–H groups in total. The summed E-state index contributed by atoms with van der Waals surface area (Å²) in [5.74, 6) is 1.31. The zero-order valence-corrected chi connectivity index (χ0v) is 10.7. The molecule has 2 aromatic carbocycles. The summed E-state index contributed by atoms with van der Waals surface area (Å²) in [6.45, 7) is 8.28. The van der Waals surface area contributed by atoms with E-state index in [0.29, 0.717) is 5.92 Å². The molecule has 0 bridgehead atoms. The van der Waals surface area contributed by atoms with Gasteiger partial charge in [-0.05, 0) is 35.4 Å². The molecule has 1 atom stereocenters. The van der Waals surface area contributed by atoms with Crippen molar-refractivity contribution >= 4 is 10.8 Å². The number of methoxy groups -OCH3 is 1. The van der Waals surface area contributed by atoms with Crippen molar-refractivity contribution in [2.75, 3.05) is 7.11 Å². The fourth-order valence-electron chi connectivity index (χ4n) is 1.92. The van der Waals surface area contributed by atoms with Crippen LogP contribution in [0.3, 0.4) is 0 Å². The third-order valence-electron chi connectivity index (χ3n) is 3.31. The minimum atomic E-state index is 0.404. The Kier molecular flexibility index (Phi) is 3.19. The van der Waals surface area contributed by atoms with Crippen LogP contribution in [-0.2, 0) is 0 Å². The largest absolute Gasteiger partial charge is 0.497 e. The van der Waals surface area contributed by atoms with Crippen LogP contribution >= 0.6 is 0 Å². The molecule has 0 heterocycles. The van der Waals surface area contributed by atoms with Crippen LogP contribution in [-0.4, -0.2) is 7.11 Å². The summed E-state index contributed by atoms with van der Waals surface area (Å²) < 4.78 is 5.22. The van der Waals surface area contributed by atoms with Crippen LogP contribution in [0.4, 0.5) is 0 Å². The van der Waals surface area contributed by atoms with Gasteiger partial charge in [0.1, 0.15) is 5.75 Å². The molecule has 88 valence electrons. The molecule has 0 aliphatic rings. The number of hydrogen-bond donors (Lipinski definition) is 0. The first-order valence-electron chi connectivity index (χ1n) is 5.85. The van der Waals surface area contributed by atoms with E-state index in [4.69, 9.17) is 4.74 Å². The maximum Gasteiger partial charge on any atom is 0.119 e. The predicted molar refractivity (Wildman–Crippen MR) is 73.7 cm³/mol. The van der Waals surface area contributed by atoms with Gasteiger partial charge in [0.05, 0.1) is 7.11 Å². The van der Waals surface area contributed by atoms with Gasteiger partial charge in [-0.2, -0.15) is 0 Å². The van der Waals surface area contributed by atoms with Gasteiger partial charge in [0.2, 0.25) is 0 Å². The SMILES string of the molecule is C=C(C)C(C)c1ccc2cc(OC)ccc2c1. The minimum absolute atomic E-state index is 0.404. The summed E-state index contributed by atoms with van der Waals surface area (Å²) in [5, 5.41) is 2.46. The first kappa shape index (κ1) is 11.7. The van der Waals surface area contributed by atoms with Crippen molar-refractivity contribution in [2.45, 2.75) is 19.8 Å². The van der Waals surface area contributed by atoms with E-state index >= 15 is 0 Å². The molecule has 0 aliphatic heterocycles. The fraction of sp³-hybridized carbons (Fsp3) is 0.250. The second-order valence-electron chi connectivity index (χ2n) is 4.54. The normalized spacial score (nSPS) is 12.4. The second-order valence-corrected chi connectivity index (χ2v) is 4.54. The van der Waals surface area contributed by atoms with Crippen molar-refractivity contribution in [3.63, 3.8) is 0 Å². The maximum atomic E-state index is 5.22. The van der Waals surface area contributed by atoms with Crippen LogP contribution in [0.2, 0.25) is 0 Å². The van der Waals surface area contributed by atoms with Crippen LogP contribution in [0.25, 0.3) is 10.8 Å². The number of rotatable bonds is 3. The van der Waals surface area contributed by atoms with Gasteiger partial charge in [0.15, 0.2) is 0 Å². The van der Waals surface area contributed by atoms with Gasteiger partial charge in [0.25, 0.3) is 0 Å². The lowest BCUT2D eigenvalue weighted by atomic mass is 9.93. The van der Waals surface area contributed by atoms with Gasteiger partial charge in [0, 0.05) is 5.92 Å². The molecule has 0 saturated carbocycles. The average molecular weight is 226 g/mol. The number of ether oxygens (including phenoxy) is 1. The van der Waals surface area contributed by atoms with E-state index in [1.807, 2.05) is 6.07 Å². The van der Waals surface area contributed by atoms with Gasteiger partial charge in [-0.25, -0.2) is 0 Å². The highest BCUT2D eigenvalue weighted by Gasteiger charge is 2.06. The molecule has 1 nitrogen and oxygen atoms in total. The fourth-order valence-corrected chi connectivity index (χ4v) is 1.92. The van der Waals surface area contributed by atoms with E-state index in [9.17, 15) is 0 Å². The smallest absolute Gasteiger partial charge is 0.119 e. The quantitative estimate of drug-likeness (QED) is 0.699.